The van der Waals surface area contributed by atoms with Gasteiger partial charge < -0.3 is 14.8 Å². The SMILES string of the molecule is COc1cc(Cl)ccc1O[C@H](C(C)C)C1CCNC1. The lowest BCUT2D eigenvalue weighted by atomic mass is 9.92. The van der Waals surface area contributed by atoms with Crippen LogP contribution in [-0.4, -0.2) is 26.3 Å². The van der Waals surface area contributed by atoms with Gasteiger partial charge in [-0.3, -0.25) is 0 Å². The Kier molecular flexibility index (Phi) is 4.94. The average Bonchev–Trinajstić information content (AvgIpc) is 2.90. The second-order valence-corrected chi connectivity index (χ2v) is 5.81. The zero-order valence-electron chi connectivity index (χ0n) is 11.8. The predicted octanol–water partition coefficient (Wildman–Crippen LogP) is 3.36. The molecule has 0 aromatic heterocycles. The van der Waals surface area contributed by atoms with Crippen LogP contribution in [0, 0.1) is 11.8 Å². The molecule has 0 bridgehead atoms. The van der Waals surface area contributed by atoms with Gasteiger partial charge in [0, 0.05) is 23.6 Å². The summed E-state index contributed by atoms with van der Waals surface area (Å²) >= 11 is 5.98. The van der Waals surface area contributed by atoms with E-state index in [0.29, 0.717) is 22.6 Å². The van der Waals surface area contributed by atoms with Gasteiger partial charge in [0.2, 0.25) is 0 Å². The Morgan fingerprint density at radius 3 is 2.68 bits per heavy atom. The highest BCUT2D eigenvalue weighted by molar-refractivity contribution is 6.30. The number of rotatable bonds is 5. The highest BCUT2D eigenvalue weighted by Crippen LogP contribution is 2.33. The fourth-order valence-electron chi connectivity index (χ4n) is 2.62. The number of methoxy groups -OCH3 is 1. The molecule has 0 amide bonds. The first-order valence-corrected chi connectivity index (χ1v) is 7.20. The van der Waals surface area contributed by atoms with E-state index in [1.165, 1.54) is 6.42 Å². The molecule has 1 N–H and O–H groups in total. The summed E-state index contributed by atoms with van der Waals surface area (Å²) in [7, 11) is 1.64. The molecule has 1 heterocycles. The van der Waals surface area contributed by atoms with E-state index in [1.807, 2.05) is 12.1 Å². The van der Waals surface area contributed by atoms with E-state index in [1.54, 1.807) is 13.2 Å². The van der Waals surface area contributed by atoms with Crippen molar-refractivity contribution in [1.29, 1.82) is 0 Å². The molecule has 0 spiro atoms. The number of halogens is 1. The Morgan fingerprint density at radius 1 is 1.32 bits per heavy atom. The lowest BCUT2D eigenvalue weighted by Gasteiger charge is -2.28. The lowest BCUT2D eigenvalue weighted by molar-refractivity contribution is 0.0938. The third-order valence-corrected chi connectivity index (χ3v) is 3.84. The molecule has 0 radical (unpaired) electrons. The molecule has 1 unspecified atom stereocenters. The maximum absolute atomic E-state index is 6.21. The quantitative estimate of drug-likeness (QED) is 0.899. The Bertz CT molecular complexity index is 417. The molecular formula is C15H22ClNO2. The minimum absolute atomic E-state index is 0.199. The third kappa shape index (κ3) is 3.54. The van der Waals surface area contributed by atoms with Crippen LogP contribution in [0.15, 0.2) is 18.2 Å². The summed E-state index contributed by atoms with van der Waals surface area (Å²) < 4.78 is 11.6. The first kappa shape index (κ1) is 14.5. The Hall–Kier alpha value is -0.930. The van der Waals surface area contributed by atoms with Crippen molar-refractivity contribution in [2.24, 2.45) is 11.8 Å². The van der Waals surface area contributed by atoms with E-state index in [-0.39, 0.29) is 6.10 Å². The molecule has 2 atom stereocenters. The first-order valence-electron chi connectivity index (χ1n) is 6.82. The van der Waals surface area contributed by atoms with Crippen LogP contribution in [0.3, 0.4) is 0 Å². The van der Waals surface area contributed by atoms with E-state index in [2.05, 4.69) is 19.2 Å². The van der Waals surface area contributed by atoms with E-state index >= 15 is 0 Å². The van der Waals surface area contributed by atoms with E-state index in [4.69, 9.17) is 21.1 Å². The van der Waals surface area contributed by atoms with Gasteiger partial charge in [-0.2, -0.15) is 0 Å². The van der Waals surface area contributed by atoms with Crippen molar-refractivity contribution in [1.82, 2.24) is 5.32 Å². The van der Waals surface area contributed by atoms with Gasteiger partial charge in [0.15, 0.2) is 11.5 Å². The topological polar surface area (TPSA) is 30.5 Å². The molecule has 1 aliphatic rings. The average molecular weight is 284 g/mol. The lowest BCUT2D eigenvalue weighted by Crippen LogP contribution is -2.33. The smallest absolute Gasteiger partial charge is 0.162 e. The molecular weight excluding hydrogens is 262 g/mol. The molecule has 1 saturated heterocycles. The molecule has 2 rings (SSSR count). The summed E-state index contributed by atoms with van der Waals surface area (Å²) in [6.07, 6.45) is 1.36. The van der Waals surface area contributed by atoms with Gasteiger partial charge in [0.05, 0.1) is 7.11 Å². The highest BCUT2D eigenvalue weighted by atomic mass is 35.5. The second-order valence-electron chi connectivity index (χ2n) is 5.37. The summed E-state index contributed by atoms with van der Waals surface area (Å²) in [4.78, 5) is 0. The normalized spacial score (nSPS) is 20.6. The van der Waals surface area contributed by atoms with Crippen molar-refractivity contribution in [3.05, 3.63) is 23.2 Å². The van der Waals surface area contributed by atoms with Gasteiger partial charge in [0.1, 0.15) is 6.10 Å². The van der Waals surface area contributed by atoms with Gasteiger partial charge in [-0.05, 0) is 31.0 Å². The molecule has 0 aliphatic carbocycles. The number of benzene rings is 1. The van der Waals surface area contributed by atoms with Crippen LogP contribution in [0.5, 0.6) is 11.5 Å². The van der Waals surface area contributed by atoms with Crippen molar-refractivity contribution < 1.29 is 9.47 Å². The molecule has 106 valence electrons. The fourth-order valence-corrected chi connectivity index (χ4v) is 2.78. The zero-order valence-corrected chi connectivity index (χ0v) is 12.5. The maximum atomic E-state index is 6.21. The van der Waals surface area contributed by atoms with E-state index < -0.39 is 0 Å². The minimum atomic E-state index is 0.199. The Labute approximate surface area is 120 Å². The van der Waals surface area contributed by atoms with Gasteiger partial charge >= 0.3 is 0 Å². The Morgan fingerprint density at radius 2 is 2.11 bits per heavy atom. The summed E-state index contributed by atoms with van der Waals surface area (Å²) in [6, 6.07) is 5.52. The minimum Gasteiger partial charge on any atom is -0.493 e. The summed E-state index contributed by atoms with van der Waals surface area (Å²) in [5.74, 6) is 2.49. The molecule has 1 aromatic rings. The van der Waals surface area contributed by atoms with Crippen molar-refractivity contribution in [2.45, 2.75) is 26.4 Å². The monoisotopic (exact) mass is 283 g/mol. The number of hydrogen-bond acceptors (Lipinski definition) is 3. The van der Waals surface area contributed by atoms with Gasteiger partial charge in [-0.1, -0.05) is 25.4 Å². The van der Waals surface area contributed by atoms with Crippen LogP contribution in [0.1, 0.15) is 20.3 Å². The predicted molar refractivity (Wildman–Crippen MR) is 78.2 cm³/mol. The first-order chi connectivity index (χ1) is 9.11. The molecule has 3 nitrogen and oxygen atoms in total. The van der Waals surface area contributed by atoms with Crippen LogP contribution in [-0.2, 0) is 0 Å². The third-order valence-electron chi connectivity index (χ3n) is 3.61. The summed E-state index contributed by atoms with van der Waals surface area (Å²) in [5, 5.41) is 4.06. The van der Waals surface area contributed by atoms with Crippen molar-refractivity contribution in [2.75, 3.05) is 20.2 Å². The van der Waals surface area contributed by atoms with Gasteiger partial charge in [-0.15, -0.1) is 0 Å². The van der Waals surface area contributed by atoms with Crippen LogP contribution < -0.4 is 14.8 Å². The molecule has 4 heteroatoms. The molecule has 1 fully saturated rings. The largest absolute Gasteiger partial charge is 0.493 e. The van der Waals surface area contributed by atoms with E-state index in [0.717, 1.165) is 18.8 Å². The van der Waals surface area contributed by atoms with Crippen molar-refractivity contribution >= 4 is 11.6 Å². The Balaban J connectivity index is 2.16. The molecule has 1 aliphatic heterocycles. The standard InChI is InChI=1S/C15H22ClNO2/c1-10(2)15(11-6-7-17-9-11)19-13-5-4-12(16)8-14(13)18-3/h4-5,8,10-11,15,17H,6-7,9H2,1-3H3/t11?,15-/m1/s1. The molecule has 1 aromatic carbocycles. The number of ether oxygens (including phenoxy) is 2. The summed E-state index contributed by atoms with van der Waals surface area (Å²) in [5.41, 5.74) is 0. The fraction of sp³-hybridized carbons (Fsp3) is 0.600. The van der Waals surface area contributed by atoms with Crippen LogP contribution in [0.4, 0.5) is 0 Å². The molecule has 19 heavy (non-hydrogen) atoms. The molecule has 0 saturated carbocycles. The maximum Gasteiger partial charge on any atom is 0.162 e. The van der Waals surface area contributed by atoms with Crippen molar-refractivity contribution in [3.63, 3.8) is 0 Å². The van der Waals surface area contributed by atoms with E-state index in [9.17, 15) is 0 Å². The van der Waals surface area contributed by atoms with Crippen LogP contribution in [0.2, 0.25) is 5.02 Å². The van der Waals surface area contributed by atoms with Crippen LogP contribution in [0.25, 0.3) is 0 Å². The highest BCUT2D eigenvalue weighted by Gasteiger charge is 2.29. The number of hydrogen-bond donors (Lipinski definition) is 1. The second kappa shape index (κ2) is 6.49. The van der Waals surface area contributed by atoms with Crippen LogP contribution >= 0.6 is 11.6 Å². The van der Waals surface area contributed by atoms with Gasteiger partial charge in [0.25, 0.3) is 0 Å². The summed E-state index contributed by atoms with van der Waals surface area (Å²) in [6.45, 7) is 6.50. The van der Waals surface area contributed by atoms with Crippen molar-refractivity contribution in [3.8, 4) is 11.5 Å². The van der Waals surface area contributed by atoms with Gasteiger partial charge in [-0.25, -0.2) is 0 Å². The zero-order chi connectivity index (χ0) is 13.8. The number of nitrogens with one attached hydrogen (secondary N) is 1.